The van der Waals surface area contributed by atoms with Crippen molar-refractivity contribution < 1.29 is 9.53 Å². The quantitative estimate of drug-likeness (QED) is 0.937. The molecule has 1 aliphatic rings. The molecule has 4 nitrogen and oxygen atoms in total. The van der Waals surface area contributed by atoms with Crippen LogP contribution in [-0.2, 0) is 16.1 Å². The summed E-state index contributed by atoms with van der Waals surface area (Å²) in [6.07, 6.45) is 5.13. The van der Waals surface area contributed by atoms with Gasteiger partial charge in [-0.3, -0.25) is 9.78 Å². The molecule has 0 spiro atoms. The van der Waals surface area contributed by atoms with Crippen molar-refractivity contribution in [3.8, 4) is 11.1 Å². The molecule has 1 aromatic carbocycles. The summed E-state index contributed by atoms with van der Waals surface area (Å²) in [5.74, 6) is -0.0103. The molecule has 2 aromatic rings. The molecule has 0 unspecified atom stereocenters. The van der Waals surface area contributed by atoms with Crippen molar-refractivity contribution in [3.63, 3.8) is 0 Å². The lowest BCUT2D eigenvalue weighted by atomic mass is 10.1. The molecule has 0 radical (unpaired) electrons. The summed E-state index contributed by atoms with van der Waals surface area (Å²) in [7, 11) is 0. The van der Waals surface area contributed by atoms with Crippen LogP contribution >= 0.6 is 0 Å². The second-order valence-corrected chi connectivity index (χ2v) is 5.16. The third-order valence-corrected chi connectivity index (χ3v) is 3.64. The summed E-state index contributed by atoms with van der Waals surface area (Å²) >= 11 is 0. The van der Waals surface area contributed by atoms with E-state index < -0.39 is 0 Å². The van der Waals surface area contributed by atoms with Crippen molar-refractivity contribution in [2.24, 2.45) is 0 Å². The fourth-order valence-corrected chi connectivity index (χ4v) is 2.44. The molecule has 21 heavy (non-hydrogen) atoms. The lowest BCUT2D eigenvalue weighted by molar-refractivity contribution is -0.130. The Bertz CT molecular complexity index is 590. The first-order valence-corrected chi connectivity index (χ1v) is 7.21. The van der Waals surface area contributed by atoms with Gasteiger partial charge in [0.1, 0.15) is 6.10 Å². The van der Waals surface area contributed by atoms with E-state index in [-0.39, 0.29) is 12.0 Å². The van der Waals surface area contributed by atoms with Gasteiger partial charge in [-0.25, -0.2) is 0 Å². The molecule has 1 aliphatic heterocycles. The molecule has 1 saturated heterocycles. The van der Waals surface area contributed by atoms with Gasteiger partial charge in [0.2, 0.25) is 5.91 Å². The molecule has 0 aliphatic carbocycles. The third-order valence-electron chi connectivity index (χ3n) is 3.64. The Balaban J connectivity index is 1.58. The molecule has 4 heteroatoms. The van der Waals surface area contributed by atoms with Gasteiger partial charge < -0.3 is 10.1 Å². The van der Waals surface area contributed by atoms with Crippen LogP contribution in [0, 0.1) is 0 Å². The number of ether oxygens (including phenoxy) is 1. The smallest absolute Gasteiger partial charge is 0.249 e. The molecule has 3 rings (SSSR count). The van der Waals surface area contributed by atoms with Crippen LogP contribution in [-0.4, -0.2) is 23.6 Å². The predicted octanol–water partition coefficient (Wildman–Crippen LogP) is 2.54. The van der Waals surface area contributed by atoms with Crippen LogP contribution in [0.3, 0.4) is 0 Å². The Kier molecular flexibility index (Phi) is 4.26. The number of amides is 1. The van der Waals surface area contributed by atoms with Crippen LogP contribution in [0.1, 0.15) is 18.4 Å². The third kappa shape index (κ3) is 3.47. The fourth-order valence-electron chi connectivity index (χ4n) is 2.44. The summed E-state index contributed by atoms with van der Waals surface area (Å²) in [6.45, 7) is 1.23. The van der Waals surface area contributed by atoms with Crippen LogP contribution in [0.4, 0.5) is 0 Å². The maximum atomic E-state index is 11.9. The zero-order chi connectivity index (χ0) is 14.5. The number of aromatic nitrogens is 1. The zero-order valence-electron chi connectivity index (χ0n) is 11.8. The van der Waals surface area contributed by atoms with Gasteiger partial charge in [0.25, 0.3) is 0 Å². The van der Waals surface area contributed by atoms with E-state index in [0.717, 1.165) is 29.5 Å². The number of nitrogens with zero attached hydrogens (tertiary/aromatic N) is 1. The largest absolute Gasteiger partial charge is 0.368 e. The maximum Gasteiger partial charge on any atom is 0.249 e. The van der Waals surface area contributed by atoms with Crippen LogP contribution in [0.5, 0.6) is 0 Å². The van der Waals surface area contributed by atoms with E-state index in [0.29, 0.717) is 13.2 Å². The van der Waals surface area contributed by atoms with E-state index in [1.165, 1.54) is 0 Å². The van der Waals surface area contributed by atoms with E-state index >= 15 is 0 Å². The molecule has 1 aromatic heterocycles. The lowest BCUT2D eigenvalue weighted by Crippen LogP contribution is -2.33. The average molecular weight is 282 g/mol. The summed E-state index contributed by atoms with van der Waals surface area (Å²) < 4.78 is 5.36. The molecule has 108 valence electrons. The number of hydrogen-bond donors (Lipinski definition) is 1. The Hall–Kier alpha value is -2.20. The number of carbonyl (C=O) groups is 1. The minimum atomic E-state index is -0.264. The van der Waals surface area contributed by atoms with E-state index in [9.17, 15) is 4.79 Å². The predicted molar refractivity (Wildman–Crippen MR) is 80.5 cm³/mol. The highest BCUT2D eigenvalue weighted by molar-refractivity contribution is 5.80. The summed E-state index contributed by atoms with van der Waals surface area (Å²) in [4.78, 5) is 16.0. The number of hydrogen-bond acceptors (Lipinski definition) is 3. The van der Waals surface area contributed by atoms with Crippen LogP contribution in [0.25, 0.3) is 11.1 Å². The monoisotopic (exact) mass is 282 g/mol. The van der Waals surface area contributed by atoms with Gasteiger partial charge in [0.15, 0.2) is 0 Å². The van der Waals surface area contributed by atoms with Crippen molar-refractivity contribution in [2.45, 2.75) is 25.5 Å². The normalized spacial score (nSPS) is 17.6. The molecule has 0 saturated carbocycles. The number of nitrogens with one attached hydrogen (secondary N) is 1. The van der Waals surface area contributed by atoms with E-state index in [4.69, 9.17) is 4.74 Å². The Labute approximate surface area is 124 Å². The Morgan fingerprint density at radius 2 is 2.10 bits per heavy atom. The molecule has 1 amide bonds. The molecule has 2 heterocycles. The first-order valence-electron chi connectivity index (χ1n) is 7.21. The van der Waals surface area contributed by atoms with E-state index in [1.807, 2.05) is 42.6 Å². The highest BCUT2D eigenvalue weighted by Gasteiger charge is 2.22. The standard InChI is InChI=1S/C17H18N2O2/c20-17(16-4-2-10-21-16)19-11-13-5-7-14(8-6-13)15-3-1-9-18-12-15/h1,3,5-9,12,16H,2,4,10-11H2,(H,19,20)/t16-/m0/s1. The minimum absolute atomic E-state index is 0.0103. The zero-order valence-corrected chi connectivity index (χ0v) is 11.8. The Morgan fingerprint density at radius 3 is 2.76 bits per heavy atom. The van der Waals surface area contributed by atoms with Gasteiger partial charge in [-0.05, 0) is 35.6 Å². The Morgan fingerprint density at radius 1 is 1.24 bits per heavy atom. The van der Waals surface area contributed by atoms with Crippen molar-refractivity contribution in [3.05, 3.63) is 54.4 Å². The molecule has 1 N–H and O–H groups in total. The first-order chi connectivity index (χ1) is 10.3. The number of carbonyl (C=O) groups excluding carboxylic acids is 1. The highest BCUT2D eigenvalue weighted by atomic mass is 16.5. The van der Waals surface area contributed by atoms with Gasteiger partial charge in [-0.2, -0.15) is 0 Å². The van der Waals surface area contributed by atoms with E-state index in [1.54, 1.807) is 6.20 Å². The van der Waals surface area contributed by atoms with Gasteiger partial charge in [0, 0.05) is 25.5 Å². The van der Waals surface area contributed by atoms with Crippen LogP contribution < -0.4 is 5.32 Å². The van der Waals surface area contributed by atoms with Crippen molar-refractivity contribution in [1.82, 2.24) is 10.3 Å². The van der Waals surface area contributed by atoms with Crippen molar-refractivity contribution in [1.29, 1.82) is 0 Å². The lowest BCUT2D eigenvalue weighted by Gasteiger charge is -2.10. The molecule has 0 bridgehead atoms. The number of benzene rings is 1. The van der Waals surface area contributed by atoms with Gasteiger partial charge in [0.05, 0.1) is 0 Å². The summed E-state index contributed by atoms with van der Waals surface area (Å²) in [5, 5.41) is 2.92. The molecular formula is C17H18N2O2. The SMILES string of the molecule is O=C(NCc1ccc(-c2cccnc2)cc1)[C@@H]1CCCO1. The molecular weight excluding hydrogens is 264 g/mol. The van der Waals surface area contributed by atoms with Crippen LogP contribution in [0.2, 0.25) is 0 Å². The van der Waals surface area contributed by atoms with Crippen molar-refractivity contribution >= 4 is 5.91 Å². The number of rotatable bonds is 4. The van der Waals surface area contributed by atoms with Gasteiger partial charge in [-0.1, -0.05) is 30.3 Å². The summed E-state index contributed by atoms with van der Waals surface area (Å²) in [6, 6.07) is 12.1. The highest BCUT2D eigenvalue weighted by Crippen LogP contribution is 2.18. The molecule has 1 fully saturated rings. The average Bonchev–Trinajstić information content (AvgIpc) is 3.08. The maximum absolute atomic E-state index is 11.9. The minimum Gasteiger partial charge on any atom is -0.368 e. The van der Waals surface area contributed by atoms with Crippen molar-refractivity contribution in [2.75, 3.05) is 6.61 Å². The topological polar surface area (TPSA) is 51.2 Å². The summed E-state index contributed by atoms with van der Waals surface area (Å²) in [5.41, 5.74) is 3.29. The first kappa shape index (κ1) is 13.8. The second-order valence-electron chi connectivity index (χ2n) is 5.16. The van der Waals surface area contributed by atoms with E-state index in [2.05, 4.69) is 10.3 Å². The molecule has 1 atom stereocenters. The van der Waals surface area contributed by atoms with Gasteiger partial charge in [-0.15, -0.1) is 0 Å². The number of pyridine rings is 1. The van der Waals surface area contributed by atoms with Gasteiger partial charge >= 0.3 is 0 Å². The second kappa shape index (κ2) is 6.50. The van der Waals surface area contributed by atoms with Crippen LogP contribution in [0.15, 0.2) is 48.8 Å². The fraction of sp³-hybridized carbons (Fsp3) is 0.294.